The van der Waals surface area contributed by atoms with Crippen molar-refractivity contribution in [2.75, 3.05) is 18.6 Å². The highest BCUT2D eigenvalue weighted by molar-refractivity contribution is 6.18. The monoisotopic (exact) mass is 436 g/mol. The van der Waals surface area contributed by atoms with Crippen LogP contribution in [0.25, 0.3) is 11.0 Å². The predicted octanol–water partition coefficient (Wildman–Crippen LogP) is 2.32. The first-order chi connectivity index (χ1) is 15.3. The van der Waals surface area contributed by atoms with E-state index in [9.17, 15) is 18.8 Å². The summed E-state index contributed by atoms with van der Waals surface area (Å²) in [6.45, 7) is 1.56. The molecule has 2 aliphatic rings. The van der Waals surface area contributed by atoms with E-state index >= 15 is 0 Å². The quantitative estimate of drug-likeness (QED) is 0.485. The molecule has 1 amide bonds. The number of benzene rings is 2. The minimum absolute atomic E-state index is 0.0229. The van der Waals surface area contributed by atoms with Gasteiger partial charge >= 0.3 is 11.6 Å². The molecule has 8 nitrogen and oxygen atoms in total. The highest BCUT2D eigenvalue weighted by Gasteiger charge is 2.62. The molecule has 0 saturated heterocycles. The molecule has 2 aromatic carbocycles. The third kappa shape index (κ3) is 2.33. The Bertz CT molecular complexity index is 1430. The van der Waals surface area contributed by atoms with Crippen LogP contribution in [0, 0.1) is 5.82 Å². The summed E-state index contributed by atoms with van der Waals surface area (Å²) >= 11 is 0. The van der Waals surface area contributed by atoms with Gasteiger partial charge in [-0.25, -0.2) is 14.0 Å². The third-order valence-electron chi connectivity index (χ3n) is 5.80. The Kier molecular flexibility index (Phi) is 4.13. The molecule has 0 fully saturated rings. The van der Waals surface area contributed by atoms with Gasteiger partial charge in [-0.15, -0.1) is 0 Å². The van der Waals surface area contributed by atoms with Crippen molar-refractivity contribution in [1.29, 1.82) is 0 Å². The second-order valence-corrected chi connectivity index (χ2v) is 7.43. The van der Waals surface area contributed by atoms with Crippen molar-refractivity contribution in [1.82, 2.24) is 0 Å². The van der Waals surface area contributed by atoms with Gasteiger partial charge in [-0.3, -0.25) is 4.79 Å². The zero-order valence-electron chi connectivity index (χ0n) is 17.1. The summed E-state index contributed by atoms with van der Waals surface area (Å²) in [5, 5.41) is 0.368. The number of carbonyl (C=O) groups excluding carboxylic acids is 2. The molecule has 5 rings (SSSR count). The van der Waals surface area contributed by atoms with Gasteiger partial charge in [0.2, 0.25) is 11.8 Å². The van der Waals surface area contributed by atoms with Crippen LogP contribution in [0.5, 0.6) is 5.75 Å². The summed E-state index contributed by atoms with van der Waals surface area (Å²) in [6, 6.07) is 10.2. The van der Waals surface area contributed by atoms with Crippen LogP contribution in [0.2, 0.25) is 0 Å². The molecular formula is C23H17FN2O6. The molecule has 32 heavy (non-hydrogen) atoms. The Morgan fingerprint density at radius 3 is 2.72 bits per heavy atom. The zero-order valence-corrected chi connectivity index (χ0v) is 17.1. The van der Waals surface area contributed by atoms with E-state index in [1.807, 2.05) is 0 Å². The van der Waals surface area contributed by atoms with Crippen molar-refractivity contribution < 1.29 is 27.9 Å². The van der Waals surface area contributed by atoms with Crippen LogP contribution >= 0.6 is 0 Å². The van der Waals surface area contributed by atoms with E-state index in [0.29, 0.717) is 11.1 Å². The lowest BCUT2D eigenvalue weighted by Crippen LogP contribution is -2.50. The van der Waals surface area contributed by atoms with E-state index in [1.54, 1.807) is 31.2 Å². The van der Waals surface area contributed by atoms with Crippen LogP contribution in [-0.2, 0) is 19.7 Å². The lowest BCUT2D eigenvalue weighted by molar-refractivity contribution is -0.140. The number of hydrogen-bond donors (Lipinski definition) is 1. The van der Waals surface area contributed by atoms with Gasteiger partial charge in [0.15, 0.2) is 5.75 Å². The lowest BCUT2D eigenvalue weighted by atomic mass is 9.68. The molecule has 0 unspecified atom stereocenters. The summed E-state index contributed by atoms with van der Waals surface area (Å²) in [6.07, 6.45) is 0. The van der Waals surface area contributed by atoms with Crippen LogP contribution in [0.4, 0.5) is 10.1 Å². The predicted molar refractivity (Wildman–Crippen MR) is 112 cm³/mol. The summed E-state index contributed by atoms with van der Waals surface area (Å²) in [5.74, 6) is -2.74. The Labute approximate surface area is 180 Å². The Morgan fingerprint density at radius 1 is 1.22 bits per heavy atom. The van der Waals surface area contributed by atoms with Crippen LogP contribution in [0.3, 0.4) is 0 Å². The molecule has 0 radical (unpaired) electrons. The maximum atomic E-state index is 14.4. The number of likely N-dealkylation sites (N-methyl/N-ethyl adjacent to an activating group) is 1. The van der Waals surface area contributed by atoms with E-state index in [2.05, 4.69) is 0 Å². The van der Waals surface area contributed by atoms with E-state index in [0.717, 1.165) is 6.07 Å². The number of para-hydroxylation sites is 1. The van der Waals surface area contributed by atoms with E-state index < -0.39 is 40.2 Å². The van der Waals surface area contributed by atoms with Gasteiger partial charge in [0.25, 0.3) is 0 Å². The molecule has 2 N–H and O–H groups in total. The maximum absolute atomic E-state index is 14.4. The number of halogens is 1. The van der Waals surface area contributed by atoms with Gasteiger partial charge in [-0.2, -0.15) is 0 Å². The topological polar surface area (TPSA) is 112 Å². The van der Waals surface area contributed by atoms with Crippen molar-refractivity contribution in [3.8, 4) is 5.75 Å². The Morgan fingerprint density at radius 2 is 1.97 bits per heavy atom. The molecule has 1 atom stereocenters. The highest BCUT2D eigenvalue weighted by Crippen LogP contribution is 2.55. The number of anilines is 1. The fourth-order valence-electron chi connectivity index (χ4n) is 4.54. The summed E-state index contributed by atoms with van der Waals surface area (Å²) in [7, 11) is 1.46. The van der Waals surface area contributed by atoms with Gasteiger partial charge in [-0.05, 0) is 37.3 Å². The molecule has 2 aliphatic heterocycles. The van der Waals surface area contributed by atoms with Crippen LogP contribution in [-0.4, -0.2) is 25.5 Å². The summed E-state index contributed by atoms with van der Waals surface area (Å²) in [5.41, 5.74) is 3.12. The van der Waals surface area contributed by atoms with Crippen LogP contribution in [0.1, 0.15) is 18.1 Å². The fourth-order valence-corrected chi connectivity index (χ4v) is 4.54. The fraction of sp³-hybridized carbons (Fsp3) is 0.174. The lowest BCUT2D eigenvalue weighted by Gasteiger charge is -2.34. The van der Waals surface area contributed by atoms with Crippen molar-refractivity contribution in [3.05, 3.63) is 81.3 Å². The van der Waals surface area contributed by atoms with Gasteiger partial charge < -0.3 is 24.5 Å². The SMILES string of the molecule is CCOC(=O)C1=C(N)Oc2c(c(=O)oc3ccccc23)[C@]12C(=O)N(C)c1ccc(F)cc12. The van der Waals surface area contributed by atoms with Gasteiger partial charge in [0, 0.05) is 18.3 Å². The number of ether oxygens (including phenoxy) is 2. The van der Waals surface area contributed by atoms with Crippen molar-refractivity contribution in [2.24, 2.45) is 5.73 Å². The number of hydrogen-bond acceptors (Lipinski definition) is 7. The van der Waals surface area contributed by atoms with Gasteiger partial charge in [0.05, 0.1) is 12.0 Å². The average molecular weight is 436 g/mol. The van der Waals surface area contributed by atoms with E-state index in [1.165, 1.54) is 24.1 Å². The van der Waals surface area contributed by atoms with Crippen molar-refractivity contribution in [2.45, 2.75) is 12.3 Å². The molecule has 162 valence electrons. The highest BCUT2D eigenvalue weighted by atomic mass is 19.1. The first kappa shape index (κ1) is 19.8. The molecular weight excluding hydrogens is 419 g/mol. The Balaban J connectivity index is 2.00. The third-order valence-corrected chi connectivity index (χ3v) is 5.80. The van der Waals surface area contributed by atoms with Gasteiger partial charge in [0.1, 0.15) is 28.0 Å². The van der Waals surface area contributed by atoms with Crippen molar-refractivity contribution >= 4 is 28.5 Å². The maximum Gasteiger partial charge on any atom is 0.345 e. The van der Waals surface area contributed by atoms with Crippen LogP contribution < -0.4 is 21.0 Å². The molecule has 1 spiro atoms. The summed E-state index contributed by atoms with van der Waals surface area (Å²) < 4.78 is 30.8. The van der Waals surface area contributed by atoms with Crippen LogP contribution in [0.15, 0.2) is 63.1 Å². The second kappa shape index (κ2) is 6.68. The molecule has 3 heterocycles. The number of carbonyl (C=O) groups is 2. The largest absolute Gasteiger partial charge is 0.462 e. The molecule has 0 bridgehead atoms. The first-order valence-corrected chi connectivity index (χ1v) is 9.82. The minimum atomic E-state index is -2.10. The number of rotatable bonds is 2. The second-order valence-electron chi connectivity index (χ2n) is 7.43. The number of nitrogens with zero attached hydrogens (tertiary/aromatic N) is 1. The number of esters is 1. The molecule has 9 heteroatoms. The standard InChI is InChI=1S/C23H17FN2O6/c1-3-30-20(27)17-19(25)32-18-12-6-4-5-7-15(12)31-21(28)16(18)23(17)13-10-11(24)8-9-14(13)26(2)22(23)29/h4-10H,3,25H2,1-2H3/t23-/m0/s1. The first-order valence-electron chi connectivity index (χ1n) is 9.82. The normalized spacial score (nSPS) is 19.2. The molecule has 3 aromatic rings. The van der Waals surface area contributed by atoms with Gasteiger partial charge in [-0.1, -0.05) is 12.1 Å². The average Bonchev–Trinajstić information content (AvgIpc) is 2.96. The van der Waals surface area contributed by atoms with E-state index in [4.69, 9.17) is 19.6 Å². The molecule has 1 aromatic heterocycles. The number of fused-ring (bicyclic) bond motifs is 6. The molecule has 0 aliphatic carbocycles. The van der Waals surface area contributed by atoms with Crippen molar-refractivity contribution in [3.63, 3.8) is 0 Å². The summed E-state index contributed by atoms with van der Waals surface area (Å²) in [4.78, 5) is 41.4. The number of nitrogens with two attached hydrogens (primary N) is 1. The Hall–Kier alpha value is -4.14. The number of amides is 1. The zero-order chi connectivity index (χ0) is 22.8. The molecule has 0 saturated carbocycles. The minimum Gasteiger partial charge on any atom is -0.462 e. The van der Waals surface area contributed by atoms with E-state index in [-0.39, 0.29) is 29.1 Å². The smallest absolute Gasteiger partial charge is 0.345 e.